The van der Waals surface area contributed by atoms with E-state index in [1.807, 2.05) is 0 Å². The molecule has 0 atom stereocenters. The first kappa shape index (κ1) is 23.8. The number of benzene rings is 1. The number of alkyl halides is 2. The molecule has 0 saturated heterocycles. The van der Waals surface area contributed by atoms with Gasteiger partial charge in [0.25, 0.3) is 5.91 Å². The molecule has 0 unspecified atom stereocenters. The number of hydrogen-bond acceptors (Lipinski definition) is 10. The number of rotatable bonds is 7. The average Bonchev–Trinajstić information content (AvgIpc) is 3.46. The summed E-state index contributed by atoms with van der Waals surface area (Å²) in [6.07, 6.45) is 0.762. The van der Waals surface area contributed by atoms with E-state index in [4.69, 9.17) is 0 Å². The number of anilines is 4. The van der Waals surface area contributed by atoms with Crippen LogP contribution in [0.4, 0.5) is 36.8 Å². The van der Waals surface area contributed by atoms with E-state index in [0.717, 1.165) is 16.9 Å². The lowest BCUT2D eigenvalue weighted by Crippen LogP contribution is -2.25. The van der Waals surface area contributed by atoms with Crippen molar-refractivity contribution in [1.29, 1.82) is 0 Å². The second kappa shape index (κ2) is 9.98. The fourth-order valence-corrected chi connectivity index (χ4v) is 3.86. The van der Waals surface area contributed by atoms with Gasteiger partial charge in [-0.1, -0.05) is 0 Å². The van der Waals surface area contributed by atoms with E-state index in [-0.39, 0.29) is 40.4 Å². The van der Waals surface area contributed by atoms with Crippen LogP contribution in [0.2, 0.25) is 0 Å². The first-order valence-electron chi connectivity index (χ1n) is 10.5. The lowest BCUT2D eigenvalue weighted by atomic mass is 10.2. The number of nitrogens with one attached hydrogen (secondary N) is 4. The average molecular weight is 526 g/mol. The predicted molar refractivity (Wildman–Crippen MR) is 129 cm³/mol. The number of fused-ring (bicyclic) bond motifs is 1. The van der Waals surface area contributed by atoms with Gasteiger partial charge in [-0.3, -0.25) is 15.4 Å². The summed E-state index contributed by atoms with van der Waals surface area (Å²) in [5.41, 5.74) is 2.48. The molecule has 4 N–H and O–H groups in total. The number of pyridine rings is 1. The zero-order valence-electron chi connectivity index (χ0n) is 18.6. The molecule has 3 aromatic heterocycles. The van der Waals surface area contributed by atoms with Gasteiger partial charge in [0.2, 0.25) is 5.95 Å². The standard InChI is InChI=1S/C22H16F2N8O4S/c23-22(24)35-14-3-2-13(9-15(14)36-22)30-19(33)17-18(29-11-37-17)28-10-12-4-7-25-16(8-12)31-21(34)32-20-26-5-1-6-27-20/h1-9,11,28H,10H2,(H,30,33)(H2,25,26,27,31,32,34). The molecule has 3 amide bonds. The van der Waals surface area contributed by atoms with Gasteiger partial charge in [-0.25, -0.2) is 24.7 Å². The topological polar surface area (TPSA) is 152 Å². The van der Waals surface area contributed by atoms with Crippen LogP contribution in [-0.2, 0) is 6.54 Å². The fourth-order valence-electron chi connectivity index (χ4n) is 3.20. The molecule has 0 radical (unpaired) electrons. The molecule has 1 aliphatic rings. The first-order chi connectivity index (χ1) is 17.8. The van der Waals surface area contributed by atoms with Crippen molar-refractivity contribution < 1.29 is 27.8 Å². The maximum absolute atomic E-state index is 13.2. The van der Waals surface area contributed by atoms with Gasteiger partial charge >= 0.3 is 12.3 Å². The molecule has 0 bridgehead atoms. The number of urea groups is 1. The van der Waals surface area contributed by atoms with E-state index in [2.05, 4.69) is 50.7 Å². The largest absolute Gasteiger partial charge is 0.586 e. The smallest absolute Gasteiger partial charge is 0.395 e. The van der Waals surface area contributed by atoms with Gasteiger partial charge in [0.15, 0.2) is 11.5 Å². The number of thiazole rings is 1. The van der Waals surface area contributed by atoms with Gasteiger partial charge in [0.1, 0.15) is 16.5 Å². The number of nitrogens with zero attached hydrogens (tertiary/aromatic N) is 4. The number of halogens is 2. The molecule has 188 valence electrons. The van der Waals surface area contributed by atoms with Crippen molar-refractivity contribution in [3.63, 3.8) is 0 Å². The Kier molecular flexibility index (Phi) is 6.42. The van der Waals surface area contributed by atoms with E-state index in [0.29, 0.717) is 5.82 Å². The molecule has 12 nitrogen and oxygen atoms in total. The van der Waals surface area contributed by atoms with Crippen molar-refractivity contribution in [3.05, 3.63) is 70.9 Å². The molecule has 4 aromatic rings. The van der Waals surface area contributed by atoms with Gasteiger partial charge in [-0.15, -0.1) is 20.1 Å². The third kappa shape index (κ3) is 5.84. The van der Waals surface area contributed by atoms with Crippen molar-refractivity contribution in [2.45, 2.75) is 12.8 Å². The molecular formula is C22H16F2N8O4S. The Hall–Kier alpha value is -4.92. The molecule has 0 aliphatic carbocycles. The Bertz CT molecular complexity index is 1450. The number of ether oxygens (including phenoxy) is 2. The molecular weight excluding hydrogens is 510 g/mol. The van der Waals surface area contributed by atoms with Gasteiger partial charge < -0.3 is 20.1 Å². The molecule has 1 aliphatic heterocycles. The van der Waals surface area contributed by atoms with Gasteiger partial charge in [0, 0.05) is 36.9 Å². The quantitative estimate of drug-likeness (QED) is 0.278. The van der Waals surface area contributed by atoms with Crippen LogP contribution in [0.3, 0.4) is 0 Å². The first-order valence-corrected chi connectivity index (χ1v) is 11.4. The summed E-state index contributed by atoms with van der Waals surface area (Å²) in [6.45, 7) is 0.268. The maximum atomic E-state index is 13.2. The summed E-state index contributed by atoms with van der Waals surface area (Å²) in [7, 11) is 0. The maximum Gasteiger partial charge on any atom is 0.586 e. The minimum absolute atomic E-state index is 0.125. The Morgan fingerprint density at radius 1 is 0.919 bits per heavy atom. The van der Waals surface area contributed by atoms with Crippen LogP contribution >= 0.6 is 11.3 Å². The van der Waals surface area contributed by atoms with Crippen LogP contribution in [0.25, 0.3) is 0 Å². The lowest BCUT2D eigenvalue weighted by Gasteiger charge is -2.09. The highest BCUT2D eigenvalue weighted by atomic mass is 32.1. The van der Waals surface area contributed by atoms with Crippen LogP contribution in [0.15, 0.2) is 60.5 Å². The van der Waals surface area contributed by atoms with Crippen molar-refractivity contribution in [2.24, 2.45) is 0 Å². The summed E-state index contributed by atoms with van der Waals surface area (Å²) in [4.78, 5) is 41.3. The third-order valence-electron chi connectivity index (χ3n) is 4.75. The van der Waals surface area contributed by atoms with Gasteiger partial charge in [-0.05, 0) is 35.9 Å². The number of aromatic nitrogens is 4. The van der Waals surface area contributed by atoms with E-state index in [1.165, 1.54) is 42.3 Å². The summed E-state index contributed by atoms with van der Waals surface area (Å²) in [5, 5.41) is 10.8. The van der Waals surface area contributed by atoms with Crippen molar-refractivity contribution in [1.82, 2.24) is 19.9 Å². The number of amides is 3. The third-order valence-corrected chi connectivity index (χ3v) is 5.58. The predicted octanol–water partition coefficient (Wildman–Crippen LogP) is 4.16. The van der Waals surface area contributed by atoms with Crippen molar-refractivity contribution in [2.75, 3.05) is 21.3 Å². The summed E-state index contributed by atoms with van der Waals surface area (Å²) in [5.74, 6) is -0.0476. The van der Waals surface area contributed by atoms with Gasteiger partial charge in [-0.2, -0.15) is 0 Å². The Balaban J connectivity index is 1.19. The Morgan fingerprint density at radius 2 is 1.73 bits per heavy atom. The SMILES string of the molecule is O=C(Nc1cc(CNc2ncsc2C(=O)Nc2ccc3c(c2)OC(F)(F)O3)ccn1)Nc1ncccn1. The van der Waals surface area contributed by atoms with E-state index < -0.39 is 18.2 Å². The van der Waals surface area contributed by atoms with Crippen molar-refractivity contribution >= 4 is 46.5 Å². The molecule has 5 rings (SSSR count). The van der Waals surface area contributed by atoms with Crippen LogP contribution in [0.1, 0.15) is 15.2 Å². The summed E-state index contributed by atoms with van der Waals surface area (Å²) < 4.78 is 35.2. The molecule has 0 saturated carbocycles. The number of carbonyl (C=O) groups is 2. The summed E-state index contributed by atoms with van der Waals surface area (Å²) >= 11 is 1.10. The molecule has 15 heteroatoms. The number of hydrogen-bond donors (Lipinski definition) is 4. The van der Waals surface area contributed by atoms with Crippen LogP contribution in [0.5, 0.6) is 11.5 Å². The molecule has 4 heterocycles. The molecule has 1 aromatic carbocycles. The van der Waals surface area contributed by atoms with Crippen LogP contribution in [-0.4, -0.2) is 38.2 Å². The minimum atomic E-state index is -3.75. The zero-order chi connectivity index (χ0) is 25.8. The zero-order valence-corrected chi connectivity index (χ0v) is 19.4. The van der Waals surface area contributed by atoms with Gasteiger partial charge in [0.05, 0.1) is 5.51 Å². The van der Waals surface area contributed by atoms with Crippen molar-refractivity contribution in [3.8, 4) is 11.5 Å². The van der Waals surface area contributed by atoms with Crippen LogP contribution < -0.4 is 30.7 Å². The number of carbonyl (C=O) groups excluding carboxylic acids is 2. The normalized spacial score (nSPS) is 13.0. The Labute approximate surface area is 211 Å². The molecule has 0 spiro atoms. The second-order valence-electron chi connectivity index (χ2n) is 7.37. The minimum Gasteiger partial charge on any atom is -0.395 e. The molecule has 37 heavy (non-hydrogen) atoms. The van der Waals surface area contributed by atoms with Crippen LogP contribution in [0, 0.1) is 0 Å². The van der Waals surface area contributed by atoms with E-state index >= 15 is 0 Å². The van der Waals surface area contributed by atoms with E-state index in [9.17, 15) is 18.4 Å². The highest BCUT2D eigenvalue weighted by molar-refractivity contribution is 7.12. The monoisotopic (exact) mass is 526 g/mol. The second-order valence-corrected chi connectivity index (χ2v) is 8.22. The fraction of sp³-hybridized carbons (Fsp3) is 0.0909. The highest BCUT2D eigenvalue weighted by Crippen LogP contribution is 2.42. The molecule has 0 fully saturated rings. The highest BCUT2D eigenvalue weighted by Gasteiger charge is 2.43. The lowest BCUT2D eigenvalue weighted by molar-refractivity contribution is -0.286. The summed E-state index contributed by atoms with van der Waals surface area (Å²) in [6, 6.07) is 8.38. The Morgan fingerprint density at radius 3 is 2.57 bits per heavy atom. The van der Waals surface area contributed by atoms with E-state index in [1.54, 1.807) is 18.2 Å².